The SMILES string of the molecule is CC(=O)NC(C)COc1cccc(C(C)CCN)c1. The van der Waals surface area contributed by atoms with Crippen molar-refractivity contribution in [2.75, 3.05) is 13.2 Å². The van der Waals surface area contributed by atoms with E-state index in [4.69, 9.17) is 10.5 Å². The molecule has 4 nitrogen and oxygen atoms in total. The summed E-state index contributed by atoms with van der Waals surface area (Å²) >= 11 is 0. The van der Waals surface area contributed by atoms with E-state index in [9.17, 15) is 4.79 Å². The molecule has 4 heteroatoms. The molecule has 0 fully saturated rings. The Balaban J connectivity index is 2.54. The van der Waals surface area contributed by atoms with Gasteiger partial charge in [0.15, 0.2) is 0 Å². The summed E-state index contributed by atoms with van der Waals surface area (Å²) in [6.45, 7) is 6.74. The fraction of sp³-hybridized carbons (Fsp3) is 0.533. The molecule has 0 aliphatic carbocycles. The van der Waals surface area contributed by atoms with Gasteiger partial charge in [-0.3, -0.25) is 4.79 Å². The molecule has 1 amide bonds. The van der Waals surface area contributed by atoms with Crippen LogP contribution in [-0.2, 0) is 4.79 Å². The van der Waals surface area contributed by atoms with Crippen LogP contribution in [-0.4, -0.2) is 25.1 Å². The zero-order valence-electron chi connectivity index (χ0n) is 12.0. The predicted octanol–water partition coefficient (Wildman–Crippen LogP) is 2.04. The smallest absolute Gasteiger partial charge is 0.217 e. The first-order valence-corrected chi connectivity index (χ1v) is 6.73. The number of ether oxygens (including phenoxy) is 1. The number of carbonyl (C=O) groups excluding carboxylic acids is 1. The molecule has 0 bridgehead atoms. The third-order valence-corrected chi connectivity index (χ3v) is 2.98. The van der Waals surface area contributed by atoms with E-state index in [1.165, 1.54) is 12.5 Å². The number of rotatable bonds is 7. The summed E-state index contributed by atoms with van der Waals surface area (Å²) in [5, 5.41) is 2.79. The van der Waals surface area contributed by atoms with Gasteiger partial charge in [0.2, 0.25) is 5.91 Å². The molecule has 3 N–H and O–H groups in total. The van der Waals surface area contributed by atoms with Crippen LogP contribution >= 0.6 is 0 Å². The molecule has 0 heterocycles. The van der Waals surface area contributed by atoms with E-state index in [2.05, 4.69) is 18.3 Å². The molecule has 1 aromatic carbocycles. The van der Waals surface area contributed by atoms with Gasteiger partial charge in [0.25, 0.3) is 0 Å². The minimum Gasteiger partial charge on any atom is -0.491 e. The molecule has 1 rings (SSSR count). The lowest BCUT2D eigenvalue weighted by Crippen LogP contribution is -2.35. The van der Waals surface area contributed by atoms with E-state index in [1.807, 2.05) is 25.1 Å². The summed E-state index contributed by atoms with van der Waals surface area (Å²) in [5.41, 5.74) is 6.81. The van der Waals surface area contributed by atoms with Gasteiger partial charge in [0.1, 0.15) is 12.4 Å². The van der Waals surface area contributed by atoms with Crippen LogP contribution in [0.3, 0.4) is 0 Å². The number of amides is 1. The van der Waals surface area contributed by atoms with E-state index in [0.29, 0.717) is 19.1 Å². The van der Waals surface area contributed by atoms with E-state index in [-0.39, 0.29) is 11.9 Å². The van der Waals surface area contributed by atoms with Crippen molar-refractivity contribution in [3.63, 3.8) is 0 Å². The number of nitrogens with two attached hydrogens (primary N) is 1. The van der Waals surface area contributed by atoms with Crippen LogP contribution in [0.5, 0.6) is 5.75 Å². The van der Waals surface area contributed by atoms with E-state index >= 15 is 0 Å². The van der Waals surface area contributed by atoms with Gasteiger partial charge < -0.3 is 15.8 Å². The lowest BCUT2D eigenvalue weighted by Gasteiger charge is -2.16. The zero-order chi connectivity index (χ0) is 14.3. The third kappa shape index (κ3) is 5.75. The Bertz CT molecular complexity index is 407. The summed E-state index contributed by atoms with van der Waals surface area (Å²) in [4.78, 5) is 10.9. The van der Waals surface area contributed by atoms with Crippen LogP contribution in [0.4, 0.5) is 0 Å². The van der Waals surface area contributed by atoms with Crippen molar-refractivity contribution in [1.82, 2.24) is 5.32 Å². The van der Waals surface area contributed by atoms with E-state index in [0.717, 1.165) is 12.2 Å². The van der Waals surface area contributed by atoms with Crippen molar-refractivity contribution in [2.24, 2.45) is 5.73 Å². The Morgan fingerprint density at radius 3 is 2.79 bits per heavy atom. The van der Waals surface area contributed by atoms with Crippen molar-refractivity contribution in [2.45, 2.75) is 39.2 Å². The Labute approximate surface area is 115 Å². The summed E-state index contributed by atoms with van der Waals surface area (Å²) in [6, 6.07) is 8.05. The van der Waals surface area contributed by atoms with Gasteiger partial charge in [-0.15, -0.1) is 0 Å². The zero-order valence-corrected chi connectivity index (χ0v) is 12.0. The molecule has 0 saturated heterocycles. The minimum absolute atomic E-state index is 0.00243. The number of carbonyl (C=O) groups is 1. The molecule has 0 aliphatic heterocycles. The quantitative estimate of drug-likeness (QED) is 0.792. The Hall–Kier alpha value is -1.55. The molecule has 1 aromatic rings. The second kappa shape index (κ2) is 7.79. The molecular weight excluding hydrogens is 240 g/mol. The Kier molecular flexibility index (Phi) is 6.36. The van der Waals surface area contributed by atoms with E-state index in [1.54, 1.807) is 0 Å². The second-order valence-electron chi connectivity index (χ2n) is 4.96. The Morgan fingerprint density at radius 2 is 2.16 bits per heavy atom. The summed E-state index contributed by atoms with van der Waals surface area (Å²) < 4.78 is 5.69. The van der Waals surface area contributed by atoms with Gasteiger partial charge in [-0.2, -0.15) is 0 Å². The van der Waals surface area contributed by atoms with Crippen LogP contribution in [0, 0.1) is 0 Å². The number of benzene rings is 1. The summed E-state index contributed by atoms with van der Waals surface area (Å²) in [6.07, 6.45) is 0.964. The molecule has 0 aromatic heterocycles. The standard InChI is InChI=1S/C15H24N2O2/c1-11(7-8-16)14-5-4-6-15(9-14)19-10-12(2)17-13(3)18/h4-6,9,11-12H,7-8,10,16H2,1-3H3,(H,17,18). The first-order valence-electron chi connectivity index (χ1n) is 6.73. The van der Waals surface area contributed by atoms with Crippen molar-refractivity contribution >= 4 is 5.91 Å². The highest BCUT2D eigenvalue weighted by atomic mass is 16.5. The maximum Gasteiger partial charge on any atom is 0.217 e. The van der Waals surface area contributed by atoms with Crippen molar-refractivity contribution in [1.29, 1.82) is 0 Å². The maximum atomic E-state index is 10.9. The second-order valence-corrected chi connectivity index (χ2v) is 4.96. The highest BCUT2D eigenvalue weighted by Crippen LogP contribution is 2.22. The highest BCUT2D eigenvalue weighted by molar-refractivity contribution is 5.73. The normalized spacial score (nSPS) is 13.7. The first kappa shape index (κ1) is 15.5. The van der Waals surface area contributed by atoms with Gasteiger partial charge in [0, 0.05) is 6.92 Å². The Morgan fingerprint density at radius 1 is 1.42 bits per heavy atom. The number of hydrogen-bond donors (Lipinski definition) is 2. The van der Waals surface area contributed by atoms with Crippen LogP contribution < -0.4 is 15.8 Å². The lowest BCUT2D eigenvalue weighted by atomic mass is 9.98. The van der Waals surface area contributed by atoms with E-state index < -0.39 is 0 Å². The fourth-order valence-electron chi connectivity index (χ4n) is 1.94. The van der Waals surface area contributed by atoms with Crippen molar-refractivity contribution in [3.8, 4) is 5.75 Å². The van der Waals surface area contributed by atoms with Crippen molar-refractivity contribution in [3.05, 3.63) is 29.8 Å². The lowest BCUT2D eigenvalue weighted by molar-refractivity contribution is -0.119. The number of hydrogen-bond acceptors (Lipinski definition) is 3. The molecule has 2 unspecified atom stereocenters. The predicted molar refractivity (Wildman–Crippen MR) is 77.3 cm³/mol. The molecule has 19 heavy (non-hydrogen) atoms. The number of nitrogens with one attached hydrogen (secondary N) is 1. The maximum absolute atomic E-state index is 10.9. The van der Waals surface area contributed by atoms with Gasteiger partial charge in [-0.25, -0.2) is 0 Å². The third-order valence-electron chi connectivity index (χ3n) is 2.98. The molecular formula is C15H24N2O2. The molecule has 106 valence electrons. The topological polar surface area (TPSA) is 64.3 Å². The fourth-order valence-corrected chi connectivity index (χ4v) is 1.94. The van der Waals surface area contributed by atoms with Gasteiger partial charge >= 0.3 is 0 Å². The minimum atomic E-state index is -0.0404. The average Bonchev–Trinajstić information content (AvgIpc) is 2.36. The molecule has 0 spiro atoms. The van der Waals surface area contributed by atoms with Gasteiger partial charge in [-0.05, 0) is 43.5 Å². The molecule has 0 radical (unpaired) electrons. The summed E-state index contributed by atoms with van der Waals surface area (Å²) in [7, 11) is 0. The summed E-state index contributed by atoms with van der Waals surface area (Å²) in [5.74, 6) is 1.22. The van der Waals surface area contributed by atoms with Crippen LogP contribution in [0.15, 0.2) is 24.3 Å². The largest absolute Gasteiger partial charge is 0.491 e. The average molecular weight is 264 g/mol. The van der Waals surface area contributed by atoms with Gasteiger partial charge in [-0.1, -0.05) is 19.1 Å². The first-order chi connectivity index (χ1) is 9.02. The van der Waals surface area contributed by atoms with Crippen molar-refractivity contribution < 1.29 is 9.53 Å². The molecule has 0 aliphatic rings. The molecule has 0 saturated carbocycles. The highest BCUT2D eigenvalue weighted by Gasteiger charge is 2.07. The van der Waals surface area contributed by atoms with Gasteiger partial charge in [0.05, 0.1) is 6.04 Å². The monoisotopic (exact) mass is 264 g/mol. The van der Waals surface area contributed by atoms with Crippen LogP contribution in [0.2, 0.25) is 0 Å². The molecule has 2 atom stereocenters. The van der Waals surface area contributed by atoms with Crippen LogP contribution in [0.1, 0.15) is 38.7 Å². The van der Waals surface area contributed by atoms with Crippen LogP contribution in [0.25, 0.3) is 0 Å².